The number of ether oxygens (including phenoxy) is 1. The zero-order valence-corrected chi connectivity index (χ0v) is 10.2. The van der Waals surface area contributed by atoms with Gasteiger partial charge in [0.25, 0.3) is 0 Å². The van der Waals surface area contributed by atoms with Crippen LogP contribution in [-0.2, 0) is 4.74 Å². The van der Waals surface area contributed by atoms with Gasteiger partial charge in [0, 0.05) is 33.9 Å². The van der Waals surface area contributed by atoms with E-state index in [4.69, 9.17) is 4.74 Å². The van der Waals surface area contributed by atoms with E-state index in [1.54, 1.807) is 12.0 Å². The molecule has 4 heteroatoms. The molecule has 0 spiro atoms. The van der Waals surface area contributed by atoms with E-state index in [9.17, 15) is 4.79 Å². The Morgan fingerprint density at radius 2 is 2.07 bits per heavy atom. The van der Waals surface area contributed by atoms with E-state index >= 15 is 0 Å². The molecule has 0 aliphatic rings. The molecular weight excluding hydrogens is 192 g/mol. The average molecular weight is 216 g/mol. The van der Waals surface area contributed by atoms with Crippen molar-refractivity contribution in [1.29, 1.82) is 0 Å². The largest absolute Gasteiger partial charge is 0.385 e. The Hall–Kier alpha value is -0.770. The molecule has 15 heavy (non-hydrogen) atoms. The lowest BCUT2D eigenvalue weighted by atomic mass is 10.2. The smallest absolute Gasteiger partial charge is 0.317 e. The van der Waals surface area contributed by atoms with Gasteiger partial charge in [0.05, 0.1) is 0 Å². The summed E-state index contributed by atoms with van der Waals surface area (Å²) in [5, 5.41) is 2.89. The minimum Gasteiger partial charge on any atom is -0.385 e. The lowest BCUT2D eigenvalue weighted by Crippen LogP contribution is -2.38. The Morgan fingerprint density at radius 1 is 1.33 bits per heavy atom. The summed E-state index contributed by atoms with van der Waals surface area (Å²) in [7, 11) is 3.48. The first-order chi connectivity index (χ1) is 7.22. The van der Waals surface area contributed by atoms with Gasteiger partial charge in [-0.25, -0.2) is 4.79 Å². The fourth-order valence-corrected chi connectivity index (χ4v) is 1.25. The van der Waals surface area contributed by atoms with Crippen LogP contribution < -0.4 is 5.32 Å². The predicted octanol–water partition coefficient (Wildman–Crippen LogP) is 1.85. The number of hydrogen-bond donors (Lipinski definition) is 1. The molecule has 0 unspecified atom stereocenters. The molecule has 0 fully saturated rings. The fourth-order valence-electron chi connectivity index (χ4n) is 1.25. The number of carbonyl (C=O) groups excluding carboxylic acids is 1. The lowest BCUT2D eigenvalue weighted by molar-refractivity contribution is 0.175. The number of methoxy groups -OCH3 is 1. The van der Waals surface area contributed by atoms with Crippen molar-refractivity contribution in [3.05, 3.63) is 0 Å². The van der Waals surface area contributed by atoms with E-state index in [1.165, 1.54) is 12.8 Å². The second kappa shape index (κ2) is 9.77. The molecule has 90 valence electrons. The number of unbranched alkanes of at least 4 members (excludes halogenated alkanes) is 2. The average Bonchev–Trinajstić information content (AvgIpc) is 2.24. The van der Waals surface area contributed by atoms with Gasteiger partial charge in [-0.1, -0.05) is 19.8 Å². The third-order valence-electron chi connectivity index (χ3n) is 2.25. The van der Waals surface area contributed by atoms with Gasteiger partial charge in [0.2, 0.25) is 0 Å². The third-order valence-corrected chi connectivity index (χ3v) is 2.25. The molecule has 4 nitrogen and oxygen atoms in total. The molecule has 1 N–H and O–H groups in total. The highest BCUT2D eigenvalue weighted by Gasteiger charge is 2.05. The topological polar surface area (TPSA) is 41.6 Å². The van der Waals surface area contributed by atoms with Crippen molar-refractivity contribution in [2.45, 2.75) is 32.6 Å². The van der Waals surface area contributed by atoms with Gasteiger partial charge in [-0.15, -0.1) is 0 Å². The summed E-state index contributed by atoms with van der Waals surface area (Å²) in [5.41, 5.74) is 0. The molecule has 0 heterocycles. The normalized spacial score (nSPS) is 10.1. The number of nitrogens with one attached hydrogen (secondary N) is 1. The summed E-state index contributed by atoms with van der Waals surface area (Å²) in [6, 6.07) is 0.0159. The molecule has 0 aromatic rings. The Labute approximate surface area is 93.0 Å². The number of hydrogen-bond acceptors (Lipinski definition) is 2. The zero-order chi connectivity index (χ0) is 11.5. The fraction of sp³-hybridized carbons (Fsp3) is 0.909. The maximum atomic E-state index is 11.5. The second-order valence-electron chi connectivity index (χ2n) is 3.71. The van der Waals surface area contributed by atoms with Crippen LogP contribution in [0, 0.1) is 0 Å². The van der Waals surface area contributed by atoms with Crippen molar-refractivity contribution >= 4 is 6.03 Å². The summed E-state index contributed by atoms with van der Waals surface area (Å²) < 4.78 is 4.93. The predicted molar refractivity (Wildman–Crippen MR) is 62.0 cm³/mol. The standard InChI is InChI=1S/C11H24N2O2/c1-4-5-6-8-12-11(14)13(2)9-7-10-15-3/h4-10H2,1-3H3,(H,12,14). The van der Waals surface area contributed by atoms with Crippen molar-refractivity contribution in [2.24, 2.45) is 0 Å². The molecule has 0 aliphatic carbocycles. The monoisotopic (exact) mass is 216 g/mol. The number of nitrogens with zero attached hydrogens (tertiary/aromatic N) is 1. The second-order valence-corrected chi connectivity index (χ2v) is 3.71. The van der Waals surface area contributed by atoms with Crippen LogP contribution in [0.2, 0.25) is 0 Å². The van der Waals surface area contributed by atoms with Crippen LogP contribution in [0.25, 0.3) is 0 Å². The summed E-state index contributed by atoms with van der Waals surface area (Å²) in [5.74, 6) is 0. The van der Waals surface area contributed by atoms with Gasteiger partial charge < -0.3 is 15.0 Å². The Balaban J connectivity index is 3.42. The quantitative estimate of drug-likeness (QED) is 0.629. The van der Waals surface area contributed by atoms with Crippen LogP contribution in [-0.4, -0.2) is 44.8 Å². The summed E-state index contributed by atoms with van der Waals surface area (Å²) >= 11 is 0. The van der Waals surface area contributed by atoms with Crippen molar-refractivity contribution in [2.75, 3.05) is 33.9 Å². The molecule has 0 aromatic carbocycles. The van der Waals surface area contributed by atoms with Crippen LogP contribution >= 0.6 is 0 Å². The first-order valence-corrected chi connectivity index (χ1v) is 5.70. The third kappa shape index (κ3) is 8.24. The number of rotatable bonds is 8. The highest BCUT2D eigenvalue weighted by molar-refractivity contribution is 5.73. The molecule has 2 amide bonds. The highest BCUT2D eigenvalue weighted by Crippen LogP contribution is 1.93. The maximum absolute atomic E-state index is 11.5. The number of carbonyl (C=O) groups is 1. The molecule has 0 atom stereocenters. The molecule has 0 aromatic heterocycles. The van der Waals surface area contributed by atoms with E-state index in [-0.39, 0.29) is 6.03 Å². The number of urea groups is 1. The Kier molecular flexibility index (Phi) is 9.27. The summed E-state index contributed by atoms with van der Waals surface area (Å²) in [6.07, 6.45) is 4.30. The van der Waals surface area contributed by atoms with Gasteiger partial charge in [-0.2, -0.15) is 0 Å². The lowest BCUT2D eigenvalue weighted by Gasteiger charge is -2.17. The van der Waals surface area contributed by atoms with Crippen LogP contribution in [0.1, 0.15) is 32.6 Å². The molecule has 0 bridgehead atoms. The minimum atomic E-state index is 0.0159. The van der Waals surface area contributed by atoms with E-state index in [0.29, 0.717) is 6.61 Å². The van der Waals surface area contributed by atoms with E-state index < -0.39 is 0 Å². The first-order valence-electron chi connectivity index (χ1n) is 5.70. The summed E-state index contributed by atoms with van der Waals surface area (Å²) in [6.45, 7) is 4.38. The van der Waals surface area contributed by atoms with Gasteiger partial charge in [0.15, 0.2) is 0 Å². The molecule has 0 rings (SSSR count). The van der Waals surface area contributed by atoms with Gasteiger partial charge >= 0.3 is 6.03 Å². The minimum absolute atomic E-state index is 0.0159. The maximum Gasteiger partial charge on any atom is 0.317 e. The summed E-state index contributed by atoms with van der Waals surface area (Å²) in [4.78, 5) is 13.2. The molecular formula is C11H24N2O2. The SMILES string of the molecule is CCCCCNC(=O)N(C)CCCOC. The van der Waals surface area contributed by atoms with Crippen molar-refractivity contribution in [3.63, 3.8) is 0 Å². The number of amides is 2. The van der Waals surface area contributed by atoms with E-state index in [2.05, 4.69) is 12.2 Å². The van der Waals surface area contributed by atoms with Crippen LogP contribution in [0.5, 0.6) is 0 Å². The van der Waals surface area contributed by atoms with Crippen LogP contribution in [0.15, 0.2) is 0 Å². The molecule has 0 saturated carbocycles. The Morgan fingerprint density at radius 3 is 2.67 bits per heavy atom. The Bertz CT molecular complexity index is 163. The van der Waals surface area contributed by atoms with E-state index in [1.807, 2.05) is 7.05 Å². The van der Waals surface area contributed by atoms with E-state index in [0.717, 1.165) is 25.9 Å². The van der Waals surface area contributed by atoms with Gasteiger partial charge in [-0.3, -0.25) is 0 Å². The van der Waals surface area contributed by atoms with Crippen molar-refractivity contribution in [3.8, 4) is 0 Å². The molecule has 0 aliphatic heterocycles. The van der Waals surface area contributed by atoms with Crippen molar-refractivity contribution < 1.29 is 9.53 Å². The van der Waals surface area contributed by atoms with Crippen molar-refractivity contribution in [1.82, 2.24) is 10.2 Å². The van der Waals surface area contributed by atoms with Crippen LogP contribution in [0.4, 0.5) is 4.79 Å². The first kappa shape index (κ1) is 14.2. The highest BCUT2D eigenvalue weighted by atomic mass is 16.5. The molecule has 0 saturated heterocycles. The zero-order valence-electron chi connectivity index (χ0n) is 10.2. The van der Waals surface area contributed by atoms with Crippen LogP contribution in [0.3, 0.4) is 0 Å². The van der Waals surface area contributed by atoms with Gasteiger partial charge in [0.1, 0.15) is 0 Å². The molecule has 0 radical (unpaired) electrons. The van der Waals surface area contributed by atoms with Gasteiger partial charge in [-0.05, 0) is 12.8 Å².